The molecule has 1 aliphatic rings. The molecule has 0 radical (unpaired) electrons. The molecule has 3 aromatic rings. The predicted molar refractivity (Wildman–Crippen MR) is 286 cm³/mol. The second kappa shape index (κ2) is 28.0. The van der Waals surface area contributed by atoms with Crippen molar-refractivity contribution in [2.24, 2.45) is 23.7 Å². The van der Waals surface area contributed by atoms with E-state index in [0.29, 0.717) is 17.7 Å². The fourth-order valence-corrected chi connectivity index (χ4v) is 9.31. The number of aryl methyl sites for hydroxylation is 2. The molecule has 4 rings (SSSR count). The summed E-state index contributed by atoms with van der Waals surface area (Å²) in [6, 6.07) is 13.2. The monoisotopic (exact) mass is 1060 g/mol. The number of esters is 4. The number of hydrogen-bond acceptors (Lipinski definition) is 13. The molecule has 18 nitrogen and oxygen atoms in total. The normalized spacial score (nSPS) is 23.8. The van der Waals surface area contributed by atoms with Crippen LogP contribution in [-0.4, -0.2) is 154 Å². The molecule has 2 heterocycles. The third kappa shape index (κ3) is 17.2. The SMILES string of the molecule is Cc1cc(C)n(Cc2ccc(C[C@H]3OC(=O)[C@H](CC(C)C)N(C)C(=O)[C@@H](C)OC(=O)[C@H](CC(C)C)N(C)C(=O)[C@@H](Cc4ccccc4)OC(=O)[C@H](CC(C)C)N(C)C(=O)[C@@H](C)OC(=O)[C@H](CC(C)C)N(C)C3=O)cc2)n1. The Morgan fingerprint density at radius 1 is 0.447 bits per heavy atom. The topological polar surface area (TPSA) is 204 Å². The van der Waals surface area contributed by atoms with Gasteiger partial charge in [-0.3, -0.25) is 23.9 Å². The van der Waals surface area contributed by atoms with E-state index in [1.165, 1.54) is 42.0 Å². The fourth-order valence-electron chi connectivity index (χ4n) is 9.31. The van der Waals surface area contributed by atoms with Crippen molar-refractivity contribution in [1.82, 2.24) is 29.4 Å². The third-order valence-electron chi connectivity index (χ3n) is 13.6. The van der Waals surface area contributed by atoms with Gasteiger partial charge in [-0.2, -0.15) is 5.10 Å². The molecular weight excluding hydrogens is 973 g/mol. The lowest BCUT2D eigenvalue weighted by Gasteiger charge is -2.35. The van der Waals surface area contributed by atoms with E-state index in [1.54, 1.807) is 30.3 Å². The van der Waals surface area contributed by atoms with E-state index in [0.717, 1.165) is 36.6 Å². The van der Waals surface area contributed by atoms with Gasteiger partial charge in [0.25, 0.3) is 23.6 Å². The Labute approximate surface area is 450 Å². The molecule has 1 aliphatic heterocycles. The zero-order chi connectivity index (χ0) is 56.9. The lowest BCUT2D eigenvalue weighted by molar-refractivity contribution is -0.176. The van der Waals surface area contributed by atoms with Crippen molar-refractivity contribution in [3.63, 3.8) is 0 Å². The first-order chi connectivity index (χ1) is 35.6. The Morgan fingerprint density at radius 2 is 0.763 bits per heavy atom. The highest BCUT2D eigenvalue weighted by Gasteiger charge is 2.43. The molecule has 0 unspecified atom stereocenters. The Kier molecular flexibility index (Phi) is 22.8. The van der Waals surface area contributed by atoms with E-state index in [1.807, 2.05) is 104 Å². The first kappa shape index (κ1) is 62.0. The number of benzene rings is 2. The molecule has 76 heavy (non-hydrogen) atoms. The minimum Gasteiger partial charge on any atom is -0.451 e. The van der Waals surface area contributed by atoms with Gasteiger partial charge in [-0.05, 0) is 99.8 Å². The molecule has 4 amide bonds. The molecule has 0 aliphatic carbocycles. The molecule has 0 bridgehead atoms. The maximum absolute atomic E-state index is 15.0. The van der Waals surface area contributed by atoms with Gasteiger partial charge in [0, 0.05) is 46.7 Å². The largest absolute Gasteiger partial charge is 0.451 e. The second-order valence-corrected chi connectivity index (χ2v) is 22.2. The maximum atomic E-state index is 15.0. The number of aromatic nitrogens is 2. The Balaban J connectivity index is 1.86. The zero-order valence-electron chi connectivity index (χ0n) is 47.7. The highest BCUT2D eigenvalue weighted by Crippen LogP contribution is 2.24. The number of carbonyl (C=O) groups is 8. The number of carbonyl (C=O) groups excluding carboxylic acids is 8. The van der Waals surface area contributed by atoms with Crippen molar-refractivity contribution in [1.29, 1.82) is 0 Å². The number of rotatable bonds is 14. The summed E-state index contributed by atoms with van der Waals surface area (Å²) in [7, 11) is 5.58. The van der Waals surface area contributed by atoms with Gasteiger partial charge >= 0.3 is 23.9 Å². The summed E-state index contributed by atoms with van der Waals surface area (Å²) >= 11 is 0. The lowest BCUT2D eigenvalue weighted by Crippen LogP contribution is -2.55. The van der Waals surface area contributed by atoms with Crippen LogP contribution in [0.5, 0.6) is 0 Å². The van der Waals surface area contributed by atoms with E-state index in [-0.39, 0.29) is 62.2 Å². The van der Waals surface area contributed by atoms with Crippen molar-refractivity contribution < 1.29 is 57.3 Å². The quantitative estimate of drug-likeness (QED) is 0.125. The van der Waals surface area contributed by atoms with Gasteiger partial charge < -0.3 is 38.5 Å². The summed E-state index contributed by atoms with van der Waals surface area (Å²) in [6.07, 6.45) is -5.76. The summed E-state index contributed by atoms with van der Waals surface area (Å²) in [6.45, 7) is 21.9. The van der Waals surface area contributed by atoms with E-state index in [2.05, 4.69) is 5.10 Å². The van der Waals surface area contributed by atoms with E-state index >= 15 is 0 Å². The molecule has 1 aromatic heterocycles. The Hall–Kier alpha value is -6.59. The second-order valence-electron chi connectivity index (χ2n) is 22.2. The molecule has 1 fully saturated rings. The van der Waals surface area contributed by atoms with Gasteiger partial charge in [0.05, 0.1) is 12.2 Å². The number of likely N-dealkylation sites (N-methyl/N-ethyl adjacent to an activating group) is 4. The van der Waals surface area contributed by atoms with Gasteiger partial charge in [0.1, 0.15) is 24.2 Å². The van der Waals surface area contributed by atoms with Crippen molar-refractivity contribution >= 4 is 47.5 Å². The Morgan fingerprint density at radius 3 is 1.09 bits per heavy atom. The molecule has 2 aromatic carbocycles. The van der Waals surface area contributed by atoms with Crippen molar-refractivity contribution in [3.8, 4) is 0 Å². The first-order valence-electron chi connectivity index (χ1n) is 26.6. The summed E-state index contributed by atoms with van der Waals surface area (Å²) in [5.74, 6) is -7.27. The van der Waals surface area contributed by atoms with E-state index in [9.17, 15) is 38.4 Å². The molecule has 0 N–H and O–H groups in total. The number of ether oxygens (including phenoxy) is 4. The number of hydrogen-bond donors (Lipinski definition) is 0. The van der Waals surface area contributed by atoms with E-state index < -0.39 is 96.1 Å². The molecule has 0 spiro atoms. The van der Waals surface area contributed by atoms with Crippen LogP contribution >= 0.6 is 0 Å². The fraction of sp³-hybridized carbons (Fsp3) is 0.603. The van der Waals surface area contributed by atoms with Crippen molar-refractivity contribution in [2.75, 3.05) is 28.2 Å². The molecule has 418 valence electrons. The van der Waals surface area contributed by atoms with Crippen LogP contribution in [0.4, 0.5) is 0 Å². The molecule has 8 atom stereocenters. The molecule has 18 heteroatoms. The average Bonchev–Trinajstić information content (AvgIpc) is 3.68. The van der Waals surface area contributed by atoms with Crippen LogP contribution in [0, 0.1) is 37.5 Å². The molecule has 0 saturated carbocycles. The first-order valence-corrected chi connectivity index (χ1v) is 26.6. The van der Waals surface area contributed by atoms with Gasteiger partial charge in [-0.15, -0.1) is 0 Å². The highest BCUT2D eigenvalue weighted by molar-refractivity contribution is 5.94. The van der Waals surface area contributed by atoms with Crippen LogP contribution < -0.4 is 0 Å². The van der Waals surface area contributed by atoms with Crippen LogP contribution in [0.2, 0.25) is 0 Å². The lowest BCUT2D eigenvalue weighted by atomic mass is 9.99. The highest BCUT2D eigenvalue weighted by atomic mass is 16.6. The maximum Gasteiger partial charge on any atom is 0.329 e. The summed E-state index contributed by atoms with van der Waals surface area (Å²) in [4.78, 5) is 121. The molecule has 1 saturated heterocycles. The number of cyclic esters (lactones) is 4. The van der Waals surface area contributed by atoms with Crippen molar-refractivity contribution in [3.05, 3.63) is 88.7 Å². The summed E-state index contributed by atoms with van der Waals surface area (Å²) in [5.41, 5.74) is 4.07. The van der Waals surface area contributed by atoms with Crippen LogP contribution in [-0.2, 0) is 76.7 Å². The minimum atomic E-state index is -1.52. The number of amides is 4. The minimum absolute atomic E-state index is 0.0881. The summed E-state index contributed by atoms with van der Waals surface area (Å²) < 4.78 is 25.9. The smallest absolute Gasteiger partial charge is 0.329 e. The molecular formula is C58H84N6O12. The van der Waals surface area contributed by atoms with Gasteiger partial charge in [-0.1, -0.05) is 110 Å². The van der Waals surface area contributed by atoms with Gasteiger partial charge in [0.2, 0.25) is 0 Å². The standard InChI is InChI=1S/C58H84N6O12/c1-34(2)26-45-55(69)73-41(12)52(66)61(14)48(29-37(7)8)58(72)76-50(32-43-22-24-44(25-23-43)33-64-39(10)30-38(9)59-64)54(68)63(16)46(27-35(3)4)56(70)74-40(11)51(65)60(13)47(28-36(5)6)57(71)75-49(53(67)62(45)15)31-42-20-18-17-19-21-42/h17-25,30,34-37,40-41,45-50H,26-29,31-33H2,1-16H3/t40-,41-,45+,46+,47+,48+,49-,50-/m1/s1. The van der Waals surface area contributed by atoms with Crippen LogP contribution in [0.1, 0.15) is 123 Å². The summed E-state index contributed by atoms with van der Waals surface area (Å²) in [5, 5.41) is 4.56. The van der Waals surface area contributed by atoms with Gasteiger partial charge in [-0.25, -0.2) is 19.2 Å². The third-order valence-corrected chi connectivity index (χ3v) is 13.6. The van der Waals surface area contributed by atoms with Crippen molar-refractivity contribution in [2.45, 2.75) is 177 Å². The number of nitrogens with zero attached hydrogens (tertiary/aromatic N) is 6. The average molecular weight is 1060 g/mol. The Bertz CT molecular complexity index is 2460. The van der Waals surface area contributed by atoms with Crippen LogP contribution in [0.15, 0.2) is 60.7 Å². The van der Waals surface area contributed by atoms with Gasteiger partial charge in [0.15, 0.2) is 24.4 Å². The van der Waals surface area contributed by atoms with Crippen LogP contribution in [0.25, 0.3) is 0 Å². The zero-order valence-corrected chi connectivity index (χ0v) is 47.7. The van der Waals surface area contributed by atoms with Crippen LogP contribution in [0.3, 0.4) is 0 Å². The van der Waals surface area contributed by atoms with E-state index in [4.69, 9.17) is 18.9 Å². The predicted octanol–water partition coefficient (Wildman–Crippen LogP) is 6.53.